The molecule has 0 fully saturated rings. The van der Waals surface area contributed by atoms with Crippen molar-refractivity contribution < 1.29 is 9.47 Å². The lowest BCUT2D eigenvalue weighted by atomic mass is 10.1. The summed E-state index contributed by atoms with van der Waals surface area (Å²) in [4.78, 5) is 4.22. The van der Waals surface area contributed by atoms with Gasteiger partial charge in [-0.1, -0.05) is 0 Å². The van der Waals surface area contributed by atoms with Crippen LogP contribution < -0.4 is 15.2 Å². The van der Waals surface area contributed by atoms with Crippen LogP contribution in [-0.4, -0.2) is 19.2 Å². The smallest absolute Gasteiger partial charge is 0.124 e. The van der Waals surface area contributed by atoms with Gasteiger partial charge in [-0.05, 0) is 18.2 Å². The van der Waals surface area contributed by atoms with Gasteiger partial charge in [0.05, 0.1) is 20.3 Å². The van der Waals surface area contributed by atoms with Crippen LogP contribution in [0.25, 0.3) is 0 Å². The Morgan fingerprint density at radius 3 is 2.71 bits per heavy atom. The summed E-state index contributed by atoms with van der Waals surface area (Å²) in [6.45, 7) is 0. The zero-order chi connectivity index (χ0) is 12.3. The SMILES string of the molecule is COc1ccc(OC)c(C(N)c2nccs2)c1. The number of benzene rings is 1. The highest BCUT2D eigenvalue weighted by atomic mass is 32.1. The van der Waals surface area contributed by atoms with Crippen molar-refractivity contribution in [3.63, 3.8) is 0 Å². The summed E-state index contributed by atoms with van der Waals surface area (Å²) in [7, 11) is 3.25. The highest BCUT2D eigenvalue weighted by Crippen LogP contribution is 2.32. The molecule has 2 rings (SSSR count). The maximum absolute atomic E-state index is 6.17. The number of hydrogen-bond acceptors (Lipinski definition) is 5. The van der Waals surface area contributed by atoms with E-state index >= 15 is 0 Å². The first kappa shape index (κ1) is 11.9. The van der Waals surface area contributed by atoms with Crippen molar-refractivity contribution in [1.29, 1.82) is 0 Å². The predicted molar refractivity (Wildman–Crippen MR) is 67.7 cm³/mol. The van der Waals surface area contributed by atoms with Crippen LogP contribution in [0.1, 0.15) is 16.6 Å². The van der Waals surface area contributed by atoms with Crippen LogP contribution in [0.2, 0.25) is 0 Å². The minimum absolute atomic E-state index is 0.292. The Kier molecular flexibility index (Phi) is 3.61. The van der Waals surface area contributed by atoms with Gasteiger partial charge in [0.2, 0.25) is 0 Å². The number of methoxy groups -OCH3 is 2. The summed E-state index contributed by atoms with van der Waals surface area (Å²) in [5.41, 5.74) is 7.05. The van der Waals surface area contributed by atoms with Gasteiger partial charge in [-0.3, -0.25) is 0 Å². The molecule has 0 radical (unpaired) electrons. The molecule has 1 atom stereocenters. The van der Waals surface area contributed by atoms with Gasteiger partial charge < -0.3 is 15.2 Å². The fraction of sp³-hybridized carbons (Fsp3) is 0.250. The van der Waals surface area contributed by atoms with Gasteiger partial charge in [0.25, 0.3) is 0 Å². The fourth-order valence-electron chi connectivity index (χ4n) is 1.60. The van der Waals surface area contributed by atoms with E-state index in [1.807, 2.05) is 23.6 Å². The van der Waals surface area contributed by atoms with E-state index in [2.05, 4.69) is 4.98 Å². The average molecular weight is 250 g/mol. The number of rotatable bonds is 4. The third-order valence-corrected chi connectivity index (χ3v) is 3.35. The van der Waals surface area contributed by atoms with Crippen LogP contribution in [0.3, 0.4) is 0 Å². The van der Waals surface area contributed by atoms with Crippen molar-refractivity contribution in [3.8, 4) is 11.5 Å². The maximum atomic E-state index is 6.17. The van der Waals surface area contributed by atoms with E-state index in [-0.39, 0.29) is 6.04 Å². The largest absolute Gasteiger partial charge is 0.497 e. The molecule has 1 aromatic carbocycles. The lowest BCUT2D eigenvalue weighted by Gasteiger charge is -2.14. The van der Waals surface area contributed by atoms with Gasteiger partial charge >= 0.3 is 0 Å². The Bertz CT molecular complexity index is 485. The monoisotopic (exact) mass is 250 g/mol. The van der Waals surface area contributed by atoms with Crippen molar-refractivity contribution in [2.45, 2.75) is 6.04 Å². The van der Waals surface area contributed by atoms with Gasteiger partial charge in [-0.2, -0.15) is 0 Å². The van der Waals surface area contributed by atoms with Crippen LogP contribution in [-0.2, 0) is 0 Å². The summed E-state index contributed by atoms with van der Waals surface area (Å²) in [5.74, 6) is 1.50. The molecule has 1 unspecified atom stereocenters. The predicted octanol–water partition coefficient (Wildman–Crippen LogP) is 2.21. The number of thiazole rings is 1. The third kappa shape index (κ3) is 2.40. The number of hydrogen-bond donors (Lipinski definition) is 1. The number of aromatic nitrogens is 1. The zero-order valence-electron chi connectivity index (χ0n) is 9.71. The highest BCUT2D eigenvalue weighted by Gasteiger charge is 2.17. The quantitative estimate of drug-likeness (QED) is 0.903. The molecule has 0 spiro atoms. The van der Waals surface area contributed by atoms with Crippen LogP contribution in [0.5, 0.6) is 11.5 Å². The summed E-state index contributed by atoms with van der Waals surface area (Å²) < 4.78 is 10.5. The van der Waals surface area contributed by atoms with Crippen molar-refractivity contribution in [1.82, 2.24) is 4.98 Å². The fourth-order valence-corrected chi connectivity index (χ4v) is 2.26. The van der Waals surface area contributed by atoms with E-state index in [1.54, 1.807) is 20.4 Å². The highest BCUT2D eigenvalue weighted by molar-refractivity contribution is 7.09. The summed E-state index contributed by atoms with van der Waals surface area (Å²) in [6, 6.07) is 5.28. The van der Waals surface area contributed by atoms with E-state index in [0.29, 0.717) is 0 Å². The Hall–Kier alpha value is -1.59. The number of ether oxygens (including phenoxy) is 2. The van der Waals surface area contributed by atoms with E-state index in [1.165, 1.54) is 11.3 Å². The van der Waals surface area contributed by atoms with Gasteiger partial charge in [0.15, 0.2) is 0 Å². The first-order valence-electron chi connectivity index (χ1n) is 5.13. The molecule has 0 aliphatic heterocycles. The molecule has 5 heteroatoms. The van der Waals surface area contributed by atoms with Crippen molar-refractivity contribution >= 4 is 11.3 Å². The summed E-state index contributed by atoms with van der Waals surface area (Å²) in [6.07, 6.45) is 1.74. The molecule has 0 aliphatic rings. The minimum atomic E-state index is -0.292. The second-order valence-corrected chi connectivity index (χ2v) is 4.38. The normalized spacial score (nSPS) is 12.2. The second-order valence-electron chi connectivity index (χ2n) is 3.46. The van der Waals surface area contributed by atoms with E-state index in [0.717, 1.165) is 22.1 Å². The minimum Gasteiger partial charge on any atom is -0.497 e. The summed E-state index contributed by atoms with van der Waals surface area (Å²) >= 11 is 1.53. The van der Waals surface area contributed by atoms with Crippen molar-refractivity contribution in [2.24, 2.45) is 5.73 Å². The molecule has 2 N–H and O–H groups in total. The van der Waals surface area contributed by atoms with Gasteiger partial charge in [-0.15, -0.1) is 11.3 Å². The summed E-state index contributed by atoms with van der Waals surface area (Å²) in [5, 5.41) is 2.76. The topological polar surface area (TPSA) is 57.4 Å². The molecular formula is C12H14N2O2S. The van der Waals surface area contributed by atoms with Crippen LogP contribution in [0, 0.1) is 0 Å². The molecule has 0 saturated carbocycles. The molecule has 1 heterocycles. The zero-order valence-corrected chi connectivity index (χ0v) is 10.5. The molecule has 0 bridgehead atoms. The van der Waals surface area contributed by atoms with Gasteiger partial charge in [0.1, 0.15) is 16.5 Å². The molecule has 4 nitrogen and oxygen atoms in total. The van der Waals surface area contributed by atoms with Gasteiger partial charge in [-0.25, -0.2) is 4.98 Å². The van der Waals surface area contributed by atoms with E-state index < -0.39 is 0 Å². The Morgan fingerprint density at radius 1 is 1.29 bits per heavy atom. The van der Waals surface area contributed by atoms with Crippen LogP contribution in [0.15, 0.2) is 29.8 Å². The second kappa shape index (κ2) is 5.16. The molecular weight excluding hydrogens is 236 g/mol. The molecule has 17 heavy (non-hydrogen) atoms. The standard InChI is InChI=1S/C12H14N2O2S/c1-15-8-3-4-10(16-2)9(7-8)11(13)12-14-5-6-17-12/h3-7,11H,13H2,1-2H3. The number of nitrogens with zero attached hydrogens (tertiary/aromatic N) is 1. The lowest BCUT2D eigenvalue weighted by molar-refractivity contribution is 0.397. The van der Waals surface area contributed by atoms with E-state index in [4.69, 9.17) is 15.2 Å². The Balaban J connectivity index is 2.41. The average Bonchev–Trinajstić information content (AvgIpc) is 2.91. The molecule has 0 saturated heterocycles. The van der Waals surface area contributed by atoms with Crippen molar-refractivity contribution in [3.05, 3.63) is 40.3 Å². The van der Waals surface area contributed by atoms with Crippen LogP contribution >= 0.6 is 11.3 Å². The lowest BCUT2D eigenvalue weighted by Crippen LogP contribution is -2.12. The maximum Gasteiger partial charge on any atom is 0.124 e. The first-order chi connectivity index (χ1) is 8.26. The number of nitrogens with two attached hydrogens (primary N) is 1. The molecule has 1 aromatic heterocycles. The Morgan fingerprint density at radius 2 is 2.12 bits per heavy atom. The van der Waals surface area contributed by atoms with Crippen molar-refractivity contribution in [2.75, 3.05) is 14.2 Å². The molecule has 0 aliphatic carbocycles. The van der Waals surface area contributed by atoms with Crippen LogP contribution in [0.4, 0.5) is 0 Å². The molecule has 2 aromatic rings. The van der Waals surface area contributed by atoms with Gasteiger partial charge in [0, 0.05) is 17.1 Å². The molecule has 0 amide bonds. The third-order valence-electron chi connectivity index (χ3n) is 2.49. The molecule has 90 valence electrons. The Labute approximate surface area is 104 Å². The first-order valence-corrected chi connectivity index (χ1v) is 6.01. The van der Waals surface area contributed by atoms with E-state index in [9.17, 15) is 0 Å².